The van der Waals surface area contributed by atoms with E-state index >= 15 is 0 Å². The molecule has 13 heavy (non-hydrogen) atoms. The van der Waals surface area contributed by atoms with E-state index in [1.165, 1.54) is 0 Å². The molecule has 0 heterocycles. The quantitative estimate of drug-likeness (QED) is 0.795. The molecule has 1 aromatic carbocycles. The first-order valence-electron chi connectivity index (χ1n) is 4.41. The summed E-state index contributed by atoms with van der Waals surface area (Å²) in [7, 11) is -0.908. The van der Waals surface area contributed by atoms with Crippen molar-refractivity contribution in [2.24, 2.45) is 5.73 Å². The molecule has 0 aliphatic rings. The Morgan fingerprint density at radius 1 is 1.38 bits per heavy atom. The van der Waals surface area contributed by atoms with Crippen molar-refractivity contribution in [2.45, 2.75) is 23.5 Å². The minimum atomic E-state index is -0.908. The van der Waals surface area contributed by atoms with Gasteiger partial charge in [-0.15, -0.1) is 0 Å². The van der Waals surface area contributed by atoms with Gasteiger partial charge in [-0.2, -0.15) is 0 Å². The molecular weight excluding hydrogens is 182 g/mol. The number of hydrogen-bond donors (Lipinski definition) is 1. The van der Waals surface area contributed by atoms with Gasteiger partial charge in [0.25, 0.3) is 0 Å². The molecule has 0 saturated heterocycles. The first-order chi connectivity index (χ1) is 6.25. The Labute approximate surface area is 81.6 Å². The highest BCUT2D eigenvalue weighted by molar-refractivity contribution is 7.85. The fraction of sp³-hybridized carbons (Fsp3) is 0.400. The first-order valence-corrected chi connectivity index (χ1v) is 5.62. The number of nitrogens with two attached hydrogens (primary N) is 1. The van der Waals surface area contributed by atoms with Crippen LogP contribution in [0.5, 0.6) is 0 Å². The van der Waals surface area contributed by atoms with Crippen molar-refractivity contribution in [3.63, 3.8) is 0 Å². The van der Waals surface area contributed by atoms with Crippen LogP contribution < -0.4 is 5.73 Å². The third-order valence-corrected chi connectivity index (χ3v) is 3.62. The van der Waals surface area contributed by atoms with E-state index in [1.807, 2.05) is 37.3 Å². The van der Waals surface area contributed by atoms with Gasteiger partial charge in [0.2, 0.25) is 0 Å². The van der Waals surface area contributed by atoms with E-state index in [0.29, 0.717) is 6.54 Å². The van der Waals surface area contributed by atoms with Crippen molar-refractivity contribution in [3.8, 4) is 0 Å². The fourth-order valence-corrected chi connectivity index (χ4v) is 2.37. The van der Waals surface area contributed by atoms with Gasteiger partial charge >= 0.3 is 0 Å². The lowest BCUT2D eigenvalue weighted by atomic mass is 10.3. The van der Waals surface area contributed by atoms with Gasteiger partial charge in [0, 0.05) is 10.1 Å². The number of benzene rings is 1. The van der Waals surface area contributed by atoms with Crippen molar-refractivity contribution in [1.29, 1.82) is 0 Å². The Morgan fingerprint density at radius 2 is 2.00 bits per heavy atom. The third kappa shape index (κ3) is 2.94. The predicted octanol–water partition coefficient (Wildman–Crippen LogP) is 1.53. The van der Waals surface area contributed by atoms with Gasteiger partial charge in [-0.05, 0) is 25.1 Å². The highest BCUT2D eigenvalue weighted by Crippen LogP contribution is 2.12. The summed E-state index contributed by atoms with van der Waals surface area (Å²) >= 11 is 0. The minimum Gasteiger partial charge on any atom is -0.330 e. The molecule has 0 aliphatic heterocycles. The van der Waals surface area contributed by atoms with Crippen LogP contribution in [0.25, 0.3) is 0 Å². The zero-order valence-electron chi connectivity index (χ0n) is 7.77. The largest absolute Gasteiger partial charge is 0.330 e. The van der Waals surface area contributed by atoms with Crippen LogP contribution in [-0.2, 0) is 10.8 Å². The molecular formula is C10H15NOS. The van der Waals surface area contributed by atoms with Gasteiger partial charge in [0.15, 0.2) is 0 Å². The summed E-state index contributed by atoms with van der Waals surface area (Å²) in [5.41, 5.74) is 5.41. The maximum atomic E-state index is 11.8. The van der Waals surface area contributed by atoms with Crippen molar-refractivity contribution in [3.05, 3.63) is 30.3 Å². The average molecular weight is 197 g/mol. The second-order valence-corrected chi connectivity index (χ2v) is 4.87. The van der Waals surface area contributed by atoms with E-state index in [1.54, 1.807) is 0 Å². The highest BCUT2D eigenvalue weighted by Gasteiger charge is 2.11. The standard InChI is InChI=1S/C10H15NOS/c1-9(7-8-11)13(12)10-5-3-2-4-6-10/h2-6,9H,7-8,11H2,1H3. The molecule has 0 radical (unpaired) electrons. The van der Waals surface area contributed by atoms with Crippen LogP contribution in [-0.4, -0.2) is 16.0 Å². The lowest BCUT2D eigenvalue weighted by Crippen LogP contribution is -2.15. The van der Waals surface area contributed by atoms with Crippen LogP contribution in [0.15, 0.2) is 35.2 Å². The lowest BCUT2D eigenvalue weighted by Gasteiger charge is -2.09. The molecule has 2 atom stereocenters. The molecule has 2 N–H and O–H groups in total. The molecule has 0 saturated carbocycles. The van der Waals surface area contributed by atoms with Crippen molar-refractivity contribution < 1.29 is 4.21 Å². The Morgan fingerprint density at radius 3 is 2.54 bits per heavy atom. The van der Waals surface area contributed by atoms with E-state index in [2.05, 4.69) is 0 Å². The van der Waals surface area contributed by atoms with E-state index in [9.17, 15) is 4.21 Å². The summed E-state index contributed by atoms with van der Waals surface area (Å²) in [6, 6.07) is 9.52. The van der Waals surface area contributed by atoms with Crippen molar-refractivity contribution >= 4 is 10.8 Å². The van der Waals surface area contributed by atoms with E-state index in [0.717, 1.165) is 11.3 Å². The number of rotatable bonds is 4. The molecule has 1 aromatic rings. The van der Waals surface area contributed by atoms with Crippen LogP contribution in [0.4, 0.5) is 0 Å². The second kappa shape index (κ2) is 5.14. The zero-order chi connectivity index (χ0) is 9.68. The maximum Gasteiger partial charge on any atom is 0.0558 e. The first kappa shape index (κ1) is 10.4. The van der Waals surface area contributed by atoms with Crippen LogP contribution in [0.3, 0.4) is 0 Å². The predicted molar refractivity (Wildman–Crippen MR) is 56.0 cm³/mol. The van der Waals surface area contributed by atoms with Gasteiger partial charge in [-0.1, -0.05) is 25.1 Å². The Kier molecular flexibility index (Phi) is 4.12. The van der Waals surface area contributed by atoms with Gasteiger partial charge in [0.1, 0.15) is 0 Å². The average Bonchev–Trinajstić information content (AvgIpc) is 2.18. The Balaban J connectivity index is 2.68. The molecule has 2 nitrogen and oxygen atoms in total. The van der Waals surface area contributed by atoms with Gasteiger partial charge < -0.3 is 5.73 Å². The normalized spacial score (nSPS) is 15.2. The van der Waals surface area contributed by atoms with Crippen molar-refractivity contribution in [1.82, 2.24) is 0 Å². The summed E-state index contributed by atoms with van der Waals surface area (Å²) < 4.78 is 11.8. The van der Waals surface area contributed by atoms with Gasteiger partial charge in [-0.25, -0.2) is 0 Å². The molecule has 2 unspecified atom stereocenters. The molecule has 72 valence electrons. The molecule has 0 fully saturated rings. The zero-order valence-corrected chi connectivity index (χ0v) is 8.59. The number of hydrogen-bond acceptors (Lipinski definition) is 2. The summed E-state index contributed by atoms with van der Waals surface area (Å²) in [4.78, 5) is 0.892. The van der Waals surface area contributed by atoms with E-state index in [4.69, 9.17) is 5.73 Å². The van der Waals surface area contributed by atoms with Crippen LogP contribution in [0.1, 0.15) is 13.3 Å². The molecule has 0 spiro atoms. The summed E-state index contributed by atoms with van der Waals surface area (Å²) in [5.74, 6) is 0. The minimum absolute atomic E-state index is 0.146. The molecule has 0 aromatic heterocycles. The third-order valence-electron chi connectivity index (χ3n) is 1.91. The Bertz CT molecular complexity index is 274. The topological polar surface area (TPSA) is 43.1 Å². The van der Waals surface area contributed by atoms with Crippen LogP contribution in [0.2, 0.25) is 0 Å². The lowest BCUT2D eigenvalue weighted by molar-refractivity contribution is 0.666. The summed E-state index contributed by atoms with van der Waals surface area (Å²) in [5, 5.41) is 0.146. The monoisotopic (exact) mass is 197 g/mol. The van der Waals surface area contributed by atoms with Crippen LogP contribution in [0, 0.1) is 0 Å². The van der Waals surface area contributed by atoms with Crippen LogP contribution >= 0.6 is 0 Å². The fourth-order valence-electron chi connectivity index (χ4n) is 1.13. The highest BCUT2D eigenvalue weighted by atomic mass is 32.2. The second-order valence-electron chi connectivity index (χ2n) is 3.00. The molecule has 0 aliphatic carbocycles. The molecule has 3 heteroatoms. The van der Waals surface area contributed by atoms with E-state index in [-0.39, 0.29) is 5.25 Å². The smallest absolute Gasteiger partial charge is 0.0558 e. The van der Waals surface area contributed by atoms with Crippen molar-refractivity contribution in [2.75, 3.05) is 6.54 Å². The summed E-state index contributed by atoms with van der Waals surface area (Å²) in [6.07, 6.45) is 0.807. The van der Waals surface area contributed by atoms with E-state index < -0.39 is 10.8 Å². The Hall–Kier alpha value is -0.670. The molecule has 0 bridgehead atoms. The summed E-state index contributed by atoms with van der Waals surface area (Å²) in [6.45, 7) is 2.57. The molecule has 1 rings (SSSR count). The maximum absolute atomic E-state index is 11.8. The SMILES string of the molecule is CC(CCN)S(=O)c1ccccc1. The van der Waals surface area contributed by atoms with Gasteiger partial charge in [0.05, 0.1) is 10.8 Å². The molecule has 0 amide bonds. The van der Waals surface area contributed by atoms with Gasteiger partial charge in [-0.3, -0.25) is 4.21 Å².